The van der Waals surface area contributed by atoms with Crippen LogP contribution in [-0.4, -0.2) is 75.8 Å². The molecule has 1 aliphatic heterocycles. The highest BCUT2D eigenvalue weighted by Gasteiger charge is 2.38. The molecule has 3 unspecified atom stereocenters. The molecule has 0 saturated carbocycles. The maximum atomic E-state index is 12.8. The number of fused-ring (bicyclic) bond motifs is 1. The number of H-pyrrole nitrogens is 1. The highest BCUT2D eigenvalue weighted by molar-refractivity contribution is 5.95. The summed E-state index contributed by atoms with van der Waals surface area (Å²) in [5.74, 6) is -4.01. The summed E-state index contributed by atoms with van der Waals surface area (Å²) >= 11 is 0. The van der Waals surface area contributed by atoms with Crippen LogP contribution in [0.4, 0.5) is 0 Å². The quantitative estimate of drug-likeness (QED) is 0.244. The van der Waals surface area contributed by atoms with Crippen molar-refractivity contribution >= 4 is 40.5 Å². The number of nitrogens with one attached hydrogen (secondary N) is 3. The van der Waals surface area contributed by atoms with E-state index < -0.39 is 60.7 Å². The van der Waals surface area contributed by atoms with Gasteiger partial charge in [-0.15, -0.1) is 0 Å². The minimum absolute atomic E-state index is 0.195. The van der Waals surface area contributed by atoms with Crippen LogP contribution in [0.1, 0.15) is 24.8 Å². The number of hydrogen-bond donors (Lipinski definition) is 6. The second kappa shape index (κ2) is 10.8. The number of primary amides is 1. The van der Waals surface area contributed by atoms with Gasteiger partial charge in [0.05, 0.1) is 19.0 Å². The smallest absolute Gasteiger partial charge is 0.326 e. The van der Waals surface area contributed by atoms with Gasteiger partial charge in [-0.05, 0) is 30.9 Å². The summed E-state index contributed by atoms with van der Waals surface area (Å²) in [5, 5.41) is 15.0. The van der Waals surface area contributed by atoms with Gasteiger partial charge in [-0.3, -0.25) is 19.2 Å². The molecule has 1 aliphatic rings. The lowest BCUT2D eigenvalue weighted by molar-refractivity contribution is -0.149. The number of rotatable bonds is 10. The zero-order valence-electron chi connectivity index (χ0n) is 18.5. The van der Waals surface area contributed by atoms with Gasteiger partial charge in [0.25, 0.3) is 0 Å². The number of amides is 4. The first kappa shape index (κ1) is 24.7. The first-order chi connectivity index (χ1) is 16.2. The fourth-order valence-electron chi connectivity index (χ4n) is 4.06. The lowest BCUT2D eigenvalue weighted by Crippen LogP contribution is -2.54. The lowest BCUT2D eigenvalue weighted by Gasteiger charge is -2.26. The van der Waals surface area contributed by atoms with Crippen LogP contribution >= 0.6 is 0 Å². The third kappa shape index (κ3) is 5.90. The Balaban J connectivity index is 1.55. The number of likely N-dealkylation sites (tertiary alicyclic amines) is 1. The third-order valence-electron chi connectivity index (χ3n) is 5.73. The molecule has 1 saturated heterocycles. The van der Waals surface area contributed by atoms with Crippen LogP contribution in [0.25, 0.3) is 10.9 Å². The second-order valence-corrected chi connectivity index (χ2v) is 8.21. The second-order valence-electron chi connectivity index (χ2n) is 8.21. The molecule has 2 heterocycles. The van der Waals surface area contributed by atoms with Crippen LogP contribution in [0.15, 0.2) is 30.5 Å². The number of carboxylic acid groups (broad SMARTS) is 1. The number of carbonyl (C=O) groups excluding carboxylic acids is 4. The van der Waals surface area contributed by atoms with Crippen LogP contribution in [-0.2, 0) is 30.4 Å². The average molecular weight is 473 g/mol. The van der Waals surface area contributed by atoms with E-state index >= 15 is 0 Å². The van der Waals surface area contributed by atoms with Crippen LogP contribution in [0.2, 0.25) is 0 Å². The number of aromatic nitrogens is 1. The largest absolute Gasteiger partial charge is 0.480 e. The predicted octanol–water partition coefficient (Wildman–Crippen LogP) is -1.41. The van der Waals surface area contributed by atoms with E-state index in [0.29, 0.717) is 6.42 Å². The van der Waals surface area contributed by atoms with Crippen molar-refractivity contribution in [1.29, 1.82) is 0 Å². The third-order valence-corrected chi connectivity index (χ3v) is 5.73. The first-order valence-corrected chi connectivity index (χ1v) is 10.9. The van der Waals surface area contributed by atoms with Crippen molar-refractivity contribution in [1.82, 2.24) is 20.5 Å². The van der Waals surface area contributed by atoms with Gasteiger partial charge < -0.3 is 37.1 Å². The number of hydrogen-bond acceptors (Lipinski definition) is 6. The van der Waals surface area contributed by atoms with Gasteiger partial charge in [-0.1, -0.05) is 18.2 Å². The summed E-state index contributed by atoms with van der Waals surface area (Å²) in [5.41, 5.74) is 13.0. The molecule has 0 bridgehead atoms. The minimum atomic E-state index is -1.33. The number of aliphatic carboxylic acids is 1. The van der Waals surface area contributed by atoms with Gasteiger partial charge in [0.2, 0.25) is 23.6 Å². The number of nitrogens with two attached hydrogens (primary N) is 2. The number of nitrogens with zero attached hydrogens (tertiary/aromatic N) is 1. The monoisotopic (exact) mass is 472 g/mol. The zero-order valence-corrected chi connectivity index (χ0v) is 18.5. The Hall–Kier alpha value is -3.93. The normalized spacial score (nSPS) is 17.2. The number of para-hydroxylation sites is 1. The first-order valence-electron chi connectivity index (χ1n) is 10.9. The average Bonchev–Trinajstić information content (AvgIpc) is 3.44. The Labute approximate surface area is 195 Å². The van der Waals surface area contributed by atoms with E-state index in [9.17, 15) is 29.1 Å². The highest BCUT2D eigenvalue weighted by Crippen LogP contribution is 2.20. The molecule has 8 N–H and O–H groups in total. The maximum absolute atomic E-state index is 12.8. The number of benzene rings is 1. The molecule has 1 fully saturated rings. The standard InChI is InChI=1S/C22H28N6O6/c23-14(8-12-10-25-15-5-2-1-4-13(12)15)20(31)26-11-19(30)27-16(9-18(24)29)21(32)28-7-3-6-17(28)22(33)34/h1-2,4-5,10,14,16-17,25H,3,6-9,11,23H2,(H2,24,29)(H,26,31)(H,27,30)(H,33,34). The van der Waals surface area contributed by atoms with Crippen molar-refractivity contribution in [3.8, 4) is 0 Å². The molecule has 0 radical (unpaired) electrons. The fourth-order valence-corrected chi connectivity index (χ4v) is 4.06. The van der Waals surface area contributed by atoms with Crippen molar-refractivity contribution in [3.05, 3.63) is 36.0 Å². The Morgan fingerprint density at radius 3 is 2.65 bits per heavy atom. The molecule has 1 aromatic heterocycles. The van der Waals surface area contributed by atoms with Crippen LogP contribution in [0, 0.1) is 0 Å². The van der Waals surface area contributed by atoms with E-state index in [2.05, 4.69) is 15.6 Å². The molecule has 0 aliphatic carbocycles. The summed E-state index contributed by atoms with van der Waals surface area (Å²) < 4.78 is 0. The number of carboxylic acids is 1. The van der Waals surface area contributed by atoms with Gasteiger partial charge in [0, 0.05) is 23.6 Å². The molecule has 182 valence electrons. The van der Waals surface area contributed by atoms with Gasteiger partial charge in [0.1, 0.15) is 12.1 Å². The summed E-state index contributed by atoms with van der Waals surface area (Å²) in [4.78, 5) is 64.6. The molecule has 3 atom stereocenters. The summed E-state index contributed by atoms with van der Waals surface area (Å²) in [6.45, 7) is -0.286. The van der Waals surface area contributed by atoms with Crippen molar-refractivity contribution < 1.29 is 29.1 Å². The van der Waals surface area contributed by atoms with Crippen molar-refractivity contribution in [2.45, 2.75) is 43.8 Å². The molecular weight excluding hydrogens is 444 g/mol. The van der Waals surface area contributed by atoms with Gasteiger partial charge in [-0.25, -0.2) is 4.79 Å². The van der Waals surface area contributed by atoms with E-state index in [1.807, 2.05) is 24.3 Å². The molecular formula is C22H28N6O6. The Bertz CT molecular complexity index is 1100. The number of aromatic amines is 1. The Morgan fingerprint density at radius 1 is 1.21 bits per heavy atom. The zero-order chi connectivity index (χ0) is 24.8. The maximum Gasteiger partial charge on any atom is 0.326 e. The molecule has 12 nitrogen and oxygen atoms in total. The molecule has 12 heteroatoms. The van der Waals surface area contributed by atoms with Crippen molar-refractivity contribution in [2.75, 3.05) is 13.1 Å². The molecule has 3 rings (SSSR count). The van der Waals surface area contributed by atoms with E-state index in [-0.39, 0.29) is 19.4 Å². The van der Waals surface area contributed by atoms with Gasteiger partial charge >= 0.3 is 5.97 Å². The highest BCUT2D eigenvalue weighted by atomic mass is 16.4. The van der Waals surface area contributed by atoms with E-state index in [0.717, 1.165) is 21.4 Å². The predicted molar refractivity (Wildman–Crippen MR) is 121 cm³/mol. The van der Waals surface area contributed by atoms with Gasteiger partial charge in [-0.2, -0.15) is 0 Å². The van der Waals surface area contributed by atoms with E-state index in [4.69, 9.17) is 11.5 Å². The molecule has 2 aromatic rings. The Morgan fingerprint density at radius 2 is 1.94 bits per heavy atom. The molecule has 4 amide bonds. The van der Waals surface area contributed by atoms with Crippen LogP contribution in [0.5, 0.6) is 0 Å². The number of carbonyl (C=O) groups is 5. The van der Waals surface area contributed by atoms with Gasteiger partial charge in [0.15, 0.2) is 0 Å². The topological polar surface area (TPSA) is 201 Å². The van der Waals surface area contributed by atoms with E-state index in [1.165, 1.54) is 0 Å². The SMILES string of the molecule is NC(=O)CC(NC(=O)CNC(=O)C(N)Cc1c[nH]c2ccccc12)C(=O)N1CCCC1C(=O)O. The van der Waals surface area contributed by atoms with Crippen molar-refractivity contribution in [3.63, 3.8) is 0 Å². The van der Waals surface area contributed by atoms with Crippen molar-refractivity contribution in [2.24, 2.45) is 11.5 Å². The Kier molecular flexibility index (Phi) is 7.84. The fraction of sp³-hybridized carbons (Fsp3) is 0.409. The summed E-state index contributed by atoms with van der Waals surface area (Å²) in [7, 11) is 0. The molecule has 0 spiro atoms. The van der Waals surface area contributed by atoms with E-state index in [1.54, 1.807) is 6.20 Å². The van der Waals surface area contributed by atoms with Crippen LogP contribution in [0.3, 0.4) is 0 Å². The summed E-state index contributed by atoms with van der Waals surface area (Å²) in [6.07, 6.45) is 2.29. The summed E-state index contributed by atoms with van der Waals surface area (Å²) in [6, 6.07) is 4.29. The lowest BCUT2D eigenvalue weighted by atomic mass is 10.1. The minimum Gasteiger partial charge on any atom is -0.480 e. The molecule has 34 heavy (non-hydrogen) atoms. The van der Waals surface area contributed by atoms with Crippen LogP contribution < -0.4 is 22.1 Å². The molecule has 1 aromatic carbocycles.